The van der Waals surface area contributed by atoms with Gasteiger partial charge in [0.2, 0.25) is 0 Å². The maximum atomic E-state index is 11.9. The van der Waals surface area contributed by atoms with Gasteiger partial charge in [-0.05, 0) is 23.9 Å². The molecule has 0 aliphatic heterocycles. The van der Waals surface area contributed by atoms with Crippen LogP contribution in [0.2, 0.25) is 0 Å². The first-order valence-corrected chi connectivity index (χ1v) is 7.62. The van der Waals surface area contributed by atoms with Crippen LogP contribution in [0, 0.1) is 0 Å². The summed E-state index contributed by atoms with van der Waals surface area (Å²) in [6, 6.07) is 9.26. The highest BCUT2D eigenvalue weighted by Gasteiger charge is 2.12. The number of aromatic amines is 1. The maximum Gasteiger partial charge on any atom is 0.278 e. The summed E-state index contributed by atoms with van der Waals surface area (Å²) in [5.74, 6) is 0. The molecule has 1 heterocycles. The molecular formula is C13H17N3O3S. The monoisotopic (exact) mass is 295 g/mol. The van der Waals surface area contributed by atoms with Crippen molar-refractivity contribution < 1.29 is 8.42 Å². The zero-order valence-electron chi connectivity index (χ0n) is 11.4. The third-order valence-corrected chi connectivity index (χ3v) is 4.52. The summed E-state index contributed by atoms with van der Waals surface area (Å²) in [6.07, 6.45) is 0.341. The smallest absolute Gasteiger partial charge is 0.278 e. The van der Waals surface area contributed by atoms with E-state index in [1.54, 1.807) is 6.07 Å². The highest BCUT2D eigenvalue weighted by atomic mass is 32.2. The van der Waals surface area contributed by atoms with Gasteiger partial charge in [0.05, 0.1) is 0 Å². The quantitative estimate of drug-likeness (QED) is 0.841. The predicted molar refractivity (Wildman–Crippen MR) is 78.9 cm³/mol. The van der Waals surface area contributed by atoms with E-state index in [0.717, 1.165) is 15.2 Å². The van der Waals surface area contributed by atoms with Crippen molar-refractivity contribution in [3.8, 4) is 0 Å². The summed E-state index contributed by atoms with van der Waals surface area (Å²) < 4.78 is 26.6. The summed E-state index contributed by atoms with van der Waals surface area (Å²) in [4.78, 5) is 14.7. The average Bonchev–Trinajstić information content (AvgIpc) is 2.39. The Morgan fingerprint density at radius 1 is 1.25 bits per heavy atom. The van der Waals surface area contributed by atoms with Gasteiger partial charge in [-0.1, -0.05) is 18.2 Å². The second kappa shape index (κ2) is 5.74. The molecule has 0 unspecified atom stereocenters. The molecule has 0 amide bonds. The van der Waals surface area contributed by atoms with Crippen LogP contribution in [0.1, 0.15) is 5.56 Å². The van der Waals surface area contributed by atoms with Gasteiger partial charge >= 0.3 is 0 Å². The lowest BCUT2D eigenvalue weighted by Crippen LogP contribution is -2.37. The fourth-order valence-corrected chi connectivity index (χ4v) is 2.44. The summed E-state index contributed by atoms with van der Waals surface area (Å²) in [7, 11) is -0.553. The van der Waals surface area contributed by atoms with Crippen LogP contribution in [0.25, 0.3) is 10.9 Å². The van der Waals surface area contributed by atoms with E-state index < -0.39 is 10.2 Å². The molecule has 1 aromatic heterocycles. The first kappa shape index (κ1) is 14.7. The number of H-pyrrole nitrogens is 1. The van der Waals surface area contributed by atoms with Gasteiger partial charge in [-0.15, -0.1) is 0 Å². The number of nitrogens with one attached hydrogen (secondary N) is 2. The number of nitrogens with zero attached hydrogens (tertiary/aromatic N) is 1. The Morgan fingerprint density at radius 2 is 1.95 bits per heavy atom. The summed E-state index contributed by atoms with van der Waals surface area (Å²) in [5, 5.41) is 0.928. The normalized spacial score (nSPS) is 12.2. The Labute approximate surface area is 117 Å². The van der Waals surface area contributed by atoms with Gasteiger partial charge in [-0.3, -0.25) is 4.79 Å². The second-order valence-corrected chi connectivity index (χ2v) is 6.61. The minimum atomic E-state index is -3.45. The average molecular weight is 295 g/mol. The van der Waals surface area contributed by atoms with E-state index in [9.17, 15) is 13.2 Å². The number of rotatable bonds is 5. The lowest BCUT2D eigenvalue weighted by atomic mass is 10.1. The first-order chi connectivity index (χ1) is 9.40. The van der Waals surface area contributed by atoms with E-state index in [2.05, 4.69) is 9.71 Å². The molecule has 2 aromatic rings. The molecule has 7 heteroatoms. The minimum Gasteiger partial charge on any atom is -0.322 e. The van der Waals surface area contributed by atoms with E-state index in [4.69, 9.17) is 0 Å². The number of para-hydroxylation sites is 1. The van der Waals surface area contributed by atoms with E-state index in [0.29, 0.717) is 12.0 Å². The third kappa shape index (κ3) is 3.24. The fourth-order valence-electron chi connectivity index (χ4n) is 1.82. The number of hydrogen-bond acceptors (Lipinski definition) is 3. The Bertz CT molecular complexity index is 766. The maximum absolute atomic E-state index is 11.9. The van der Waals surface area contributed by atoms with Crippen molar-refractivity contribution in [1.82, 2.24) is 14.0 Å². The topological polar surface area (TPSA) is 82.3 Å². The van der Waals surface area contributed by atoms with Crippen molar-refractivity contribution in [3.63, 3.8) is 0 Å². The van der Waals surface area contributed by atoms with Gasteiger partial charge in [-0.25, -0.2) is 4.72 Å². The zero-order chi connectivity index (χ0) is 14.8. The molecule has 0 aliphatic carbocycles. The highest BCUT2D eigenvalue weighted by molar-refractivity contribution is 7.87. The molecule has 2 rings (SSSR count). The van der Waals surface area contributed by atoms with Gasteiger partial charge in [0.25, 0.3) is 15.8 Å². The van der Waals surface area contributed by atoms with Crippen molar-refractivity contribution in [1.29, 1.82) is 0 Å². The number of pyridine rings is 1. The van der Waals surface area contributed by atoms with Crippen LogP contribution in [0.3, 0.4) is 0 Å². The summed E-state index contributed by atoms with van der Waals surface area (Å²) in [6.45, 7) is 0.182. The van der Waals surface area contributed by atoms with Crippen LogP contribution in [-0.4, -0.2) is 38.3 Å². The van der Waals surface area contributed by atoms with E-state index in [-0.39, 0.29) is 12.1 Å². The number of hydrogen-bond donors (Lipinski definition) is 2. The van der Waals surface area contributed by atoms with E-state index in [1.165, 1.54) is 14.1 Å². The molecule has 0 atom stereocenters. The Balaban J connectivity index is 2.15. The van der Waals surface area contributed by atoms with Crippen LogP contribution in [-0.2, 0) is 16.6 Å². The molecule has 0 fully saturated rings. The third-order valence-electron chi connectivity index (χ3n) is 2.99. The fraction of sp³-hybridized carbons (Fsp3) is 0.308. The lowest BCUT2D eigenvalue weighted by Gasteiger charge is -2.12. The van der Waals surface area contributed by atoms with Crippen molar-refractivity contribution in [2.75, 3.05) is 20.6 Å². The standard InChI is InChI=1S/C13H17N3O3S/c1-16(2)20(18,19)14-8-7-11-9-10-5-3-4-6-12(10)15-13(11)17/h3-6,9,14H,7-8H2,1-2H3,(H,15,17). The Morgan fingerprint density at radius 3 is 2.65 bits per heavy atom. The molecule has 0 saturated heterocycles. The summed E-state index contributed by atoms with van der Waals surface area (Å²) >= 11 is 0. The van der Waals surface area contributed by atoms with E-state index in [1.807, 2.05) is 24.3 Å². The number of aromatic nitrogens is 1. The highest BCUT2D eigenvalue weighted by Crippen LogP contribution is 2.10. The lowest BCUT2D eigenvalue weighted by molar-refractivity contribution is 0.506. The summed E-state index contributed by atoms with van der Waals surface area (Å²) in [5.41, 5.74) is 1.15. The Kier molecular flexibility index (Phi) is 4.22. The predicted octanol–water partition coefficient (Wildman–Crippen LogP) is 0.467. The molecule has 0 bridgehead atoms. The van der Waals surface area contributed by atoms with Crippen molar-refractivity contribution in [2.24, 2.45) is 0 Å². The molecule has 2 N–H and O–H groups in total. The van der Waals surface area contributed by atoms with Crippen molar-refractivity contribution in [2.45, 2.75) is 6.42 Å². The first-order valence-electron chi connectivity index (χ1n) is 6.18. The molecule has 0 spiro atoms. The van der Waals surface area contributed by atoms with Gasteiger partial charge < -0.3 is 4.98 Å². The van der Waals surface area contributed by atoms with Crippen LogP contribution in [0.5, 0.6) is 0 Å². The van der Waals surface area contributed by atoms with Crippen molar-refractivity contribution in [3.05, 3.63) is 46.2 Å². The molecule has 0 aliphatic rings. The van der Waals surface area contributed by atoms with Crippen LogP contribution < -0.4 is 10.3 Å². The van der Waals surface area contributed by atoms with Gasteiger partial charge in [-0.2, -0.15) is 12.7 Å². The number of benzene rings is 1. The van der Waals surface area contributed by atoms with Crippen LogP contribution >= 0.6 is 0 Å². The van der Waals surface area contributed by atoms with E-state index >= 15 is 0 Å². The van der Waals surface area contributed by atoms with Crippen LogP contribution in [0.4, 0.5) is 0 Å². The zero-order valence-corrected chi connectivity index (χ0v) is 12.2. The van der Waals surface area contributed by atoms with Crippen molar-refractivity contribution >= 4 is 21.1 Å². The SMILES string of the molecule is CN(C)S(=O)(=O)NCCc1cc2ccccc2[nH]c1=O. The minimum absolute atomic E-state index is 0.182. The molecule has 0 saturated carbocycles. The van der Waals surface area contributed by atoms with Gasteiger partial charge in [0.15, 0.2) is 0 Å². The Hall–Kier alpha value is -1.70. The second-order valence-electron chi connectivity index (χ2n) is 4.64. The molecule has 20 heavy (non-hydrogen) atoms. The van der Waals surface area contributed by atoms with Gasteiger partial charge in [0.1, 0.15) is 0 Å². The molecule has 6 nitrogen and oxygen atoms in total. The molecule has 1 aromatic carbocycles. The largest absolute Gasteiger partial charge is 0.322 e. The molecule has 108 valence electrons. The van der Waals surface area contributed by atoms with Gasteiger partial charge in [0, 0.05) is 31.7 Å². The van der Waals surface area contributed by atoms with Crippen LogP contribution in [0.15, 0.2) is 35.1 Å². The molecule has 0 radical (unpaired) electrons. The number of fused-ring (bicyclic) bond motifs is 1. The molecular weight excluding hydrogens is 278 g/mol.